The van der Waals surface area contributed by atoms with Crippen LogP contribution in [0.25, 0.3) is 16.5 Å². The molecule has 0 bridgehead atoms. The summed E-state index contributed by atoms with van der Waals surface area (Å²) in [7, 11) is -1.56. The standard InChI is InChI=1S/C23H23FN8O4S2/c1-13-12-37-20(28-13)19-29-30-22(32(19)18-16(35-4)7-6-8-17(18)36-5)31-38(33,34)14(2)23(3,24)21-26-10-15(9-25)11-27-21/h6-8,10-12,14H,1-5H3,(H,30,31)/t14-,23-/m0/s1. The quantitative estimate of drug-likeness (QED) is 0.323. The van der Waals surface area contributed by atoms with E-state index < -0.39 is 20.9 Å². The van der Waals surface area contributed by atoms with Crippen molar-refractivity contribution in [3.05, 3.63) is 53.1 Å². The van der Waals surface area contributed by atoms with Crippen molar-refractivity contribution < 1.29 is 22.3 Å². The normalized spacial score (nSPS) is 13.8. The van der Waals surface area contributed by atoms with Crippen molar-refractivity contribution in [1.29, 1.82) is 5.26 Å². The number of ether oxygens (including phenoxy) is 2. The number of aryl methyl sites for hydroxylation is 1. The van der Waals surface area contributed by atoms with E-state index in [1.54, 1.807) is 18.2 Å². The predicted octanol–water partition coefficient (Wildman–Crippen LogP) is 3.39. The monoisotopic (exact) mass is 558 g/mol. The van der Waals surface area contributed by atoms with Gasteiger partial charge in [0, 0.05) is 23.5 Å². The van der Waals surface area contributed by atoms with E-state index >= 15 is 4.39 Å². The molecule has 0 aliphatic carbocycles. The van der Waals surface area contributed by atoms with Crippen LogP contribution in [-0.4, -0.2) is 57.6 Å². The van der Waals surface area contributed by atoms with Gasteiger partial charge in [0.2, 0.25) is 16.0 Å². The topological polar surface area (TPSA) is 158 Å². The number of alkyl halides is 1. The predicted molar refractivity (Wildman–Crippen MR) is 138 cm³/mol. The molecule has 0 saturated carbocycles. The molecule has 4 rings (SSSR count). The molecule has 38 heavy (non-hydrogen) atoms. The van der Waals surface area contributed by atoms with Crippen molar-refractivity contribution >= 4 is 27.3 Å². The third-order valence-electron chi connectivity index (χ3n) is 5.78. The van der Waals surface area contributed by atoms with Gasteiger partial charge in [0.1, 0.15) is 28.5 Å². The third kappa shape index (κ3) is 4.87. The molecule has 1 aromatic carbocycles. The Bertz CT molecular complexity index is 1590. The largest absolute Gasteiger partial charge is 0.494 e. The van der Waals surface area contributed by atoms with Crippen LogP contribution < -0.4 is 14.2 Å². The molecule has 0 fully saturated rings. The lowest BCUT2D eigenvalue weighted by Gasteiger charge is -2.26. The second-order valence-corrected chi connectivity index (χ2v) is 11.1. The van der Waals surface area contributed by atoms with Gasteiger partial charge in [-0.3, -0.25) is 9.29 Å². The highest BCUT2D eigenvalue weighted by Crippen LogP contribution is 2.39. The molecular weight excluding hydrogens is 535 g/mol. The Morgan fingerprint density at radius 2 is 1.82 bits per heavy atom. The maximum Gasteiger partial charge on any atom is 0.243 e. The highest BCUT2D eigenvalue weighted by Gasteiger charge is 2.45. The van der Waals surface area contributed by atoms with Crippen LogP contribution in [0, 0.1) is 18.3 Å². The highest BCUT2D eigenvalue weighted by molar-refractivity contribution is 7.93. The van der Waals surface area contributed by atoms with Crippen LogP contribution in [0.4, 0.5) is 10.3 Å². The van der Waals surface area contributed by atoms with Gasteiger partial charge in [-0.1, -0.05) is 6.07 Å². The summed E-state index contributed by atoms with van der Waals surface area (Å²) in [5.74, 6) is 0.275. The Morgan fingerprint density at radius 3 is 2.34 bits per heavy atom. The van der Waals surface area contributed by atoms with Crippen molar-refractivity contribution in [1.82, 2.24) is 29.7 Å². The van der Waals surface area contributed by atoms with E-state index in [1.807, 2.05) is 18.4 Å². The van der Waals surface area contributed by atoms with Crippen LogP contribution in [0.15, 0.2) is 36.0 Å². The number of rotatable bonds is 9. The first-order valence-electron chi connectivity index (χ1n) is 11.1. The number of hydrogen-bond donors (Lipinski definition) is 1. The molecule has 1 N–H and O–H groups in total. The van der Waals surface area contributed by atoms with Gasteiger partial charge in [0.15, 0.2) is 22.3 Å². The zero-order valence-electron chi connectivity index (χ0n) is 21.0. The molecular formula is C23H23FN8O4S2. The van der Waals surface area contributed by atoms with E-state index in [2.05, 4.69) is 29.9 Å². The molecule has 0 unspecified atom stereocenters. The third-order valence-corrected chi connectivity index (χ3v) is 8.58. The zero-order valence-corrected chi connectivity index (χ0v) is 22.6. The molecule has 2 atom stereocenters. The fourth-order valence-corrected chi connectivity index (χ4v) is 5.56. The van der Waals surface area contributed by atoms with E-state index in [0.29, 0.717) is 22.2 Å². The number of para-hydroxylation sites is 1. The van der Waals surface area contributed by atoms with Crippen LogP contribution >= 0.6 is 11.3 Å². The number of nitrogens with zero attached hydrogens (tertiary/aromatic N) is 7. The van der Waals surface area contributed by atoms with Crippen molar-refractivity contribution in [3.63, 3.8) is 0 Å². The minimum atomic E-state index is -4.46. The van der Waals surface area contributed by atoms with Gasteiger partial charge in [0.05, 0.1) is 19.8 Å². The van der Waals surface area contributed by atoms with Gasteiger partial charge in [-0.05, 0) is 32.9 Å². The number of benzene rings is 1. The van der Waals surface area contributed by atoms with Crippen LogP contribution in [0.1, 0.15) is 30.9 Å². The Morgan fingerprint density at radius 1 is 1.18 bits per heavy atom. The molecule has 0 spiro atoms. The van der Waals surface area contributed by atoms with Crippen LogP contribution in [-0.2, 0) is 15.7 Å². The summed E-state index contributed by atoms with van der Waals surface area (Å²) >= 11 is 1.29. The average molecular weight is 559 g/mol. The number of nitriles is 1. The fraction of sp³-hybridized carbons (Fsp3) is 0.304. The summed E-state index contributed by atoms with van der Waals surface area (Å²) in [6.07, 6.45) is 2.25. The summed E-state index contributed by atoms with van der Waals surface area (Å²) in [6.45, 7) is 4.04. The lowest BCUT2D eigenvalue weighted by Crippen LogP contribution is -2.41. The van der Waals surface area contributed by atoms with Crippen LogP contribution in [0.3, 0.4) is 0 Å². The van der Waals surface area contributed by atoms with E-state index in [9.17, 15) is 8.42 Å². The molecule has 0 amide bonds. The van der Waals surface area contributed by atoms with E-state index in [0.717, 1.165) is 25.0 Å². The molecule has 0 radical (unpaired) electrons. The Labute approximate surface area is 222 Å². The summed E-state index contributed by atoms with van der Waals surface area (Å²) in [5.41, 5.74) is -1.36. The summed E-state index contributed by atoms with van der Waals surface area (Å²) in [6, 6.07) is 6.87. The van der Waals surface area contributed by atoms with Crippen LogP contribution in [0.2, 0.25) is 0 Å². The van der Waals surface area contributed by atoms with Crippen molar-refractivity contribution in [3.8, 4) is 34.1 Å². The molecule has 3 aromatic heterocycles. The van der Waals surface area contributed by atoms with Crippen molar-refractivity contribution in [2.75, 3.05) is 18.9 Å². The number of nitrogens with one attached hydrogen (secondary N) is 1. The smallest absolute Gasteiger partial charge is 0.243 e. The number of thiazole rings is 1. The number of hydrogen-bond acceptors (Lipinski definition) is 11. The van der Waals surface area contributed by atoms with Gasteiger partial charge in [-0.25, -0.2) is 27.8 Å². The van der Waals surface area contributed by atoms with Crippen molar-refractivity contribution in [2.45, 2.75) is 31.7 Å². The average Bonchev–Trinajstić information content (AvgIpc) is 3.52. The van der Waals surface area contributed by atoms with Crippen LogP contribution in [0.5, 0.6) is 11.5 Å². The first-order chi connectivity index (χ1) is 18.0. The van der Waals surface area contributed by atoms with E-state index in [1.165, 1.54) is 37.0 Å². The SMILES string of the molecule is COc1cccc(OC)c1-n1c(NS(=O)(=O)[C@@H](C)[C@](C)(F)c2ncc(C#N)cn2)nnc1-c1nc(C)cs1. The molecule has 0 aliphatic rings. The first-order valence-corrected chi connectivity index (χ1v) is 13.5. The summed E-state index contributed by atoms with van der Waals surface area (Å²) < 4.78 is 57.6. The van der Waals surface area contributed by atoms with Gasteiger partial charge >= 0.3 is 0 Å². The minimum Gasteiger partial charge on any atom is -0.494 e. The molecule has 0 saturated heterocycles. The minimum absolute atomic E-state index is 0.113. The fourth-order valence-electron chi connectivity index (χ4n) is 3.54. The number of anilines is 1. The Balaban J connectivity index is 1.83. The maximum absolute atomic E-state index is 15.9. The van der Waals surface area contributed by atoms with Crippen molar-refractivity contribution in [2.24, 2.45) is 0 Å². The maximum atomic E-state index is 15.9. The van der Waals surface area contributed by atoms with E-state index in [4.69, 9.17) is 14.7 Å². The number of sulfonamides is 1. The number of aromatic nitrogens is 6. The van der Waals surface area contributed by atoms with Gasteiger partial charge in [-0.15, -0.1) is 21.5 Å². The molecule has 15 heteroatoms. The molecule has 4 aromatic rings. The lowest BCUT2D eigenvalue weighted by molar-refractivity contribution is 0.175. The van der Waals surface area contributed by atoms with Gasteiger partial charge in [0.25, 0.3) is 0 Å². The molecule has 12 nitrogen and oxygen atoms in total. The lowest BCUT2D eigenvalue weighted by atomic mass is 10.0. The van der Waals surface area contributed by atoms with E-state index in [-0.39, 0.29) is 23.2 Å². The molecule has 3 heterocycles. The summed E-state index contributed by atoms with van der Waals surface area (Å²) in [4.78, 5) is 12.1. The number of halogens is 1. The molecule has 0 aliphatic heterocycles. The Kier molecular flexibility index (Phi) is 7.29. The van der Waals surface area contributed by atoms with Gasteiger partial charge < -0.3 is 9.47 Å². The number of methoxy groups -OCH3 is 2. The second-order valence-electron chi connectivity index (χ2n) is 8.26. The summed E-state index contributed by atoms with van der Waals surface area (Å²) in [5, 5.41) is 17.8. The Hall–Kier alpha value is -4.16. The zero-order chi connectivity index (χ0) is 27.7. The van der Waals surface area contributed by atoms with Gasteiger partial charge in [-0.2, -0.15) is 5.26 Å². The highest BCUT2D eigenvalue weighted by atomic mass is 32.2. The first kappa shape index (κ1) is 26.9. The second kappa shape index (κ2) is 10.3. The molecule has 198 valence electrons.